The van der Waals surface area contributed by atoms with Gasteiger partial charge in [0.1, 0.15) is 5.76 Å². The molecular formula is C10H17NO. The number of allylic oxidation sites excluding steroid dienone is 2. The van der Waals surface area contributed by atoms with E-state index in [1.54, 1.807) is 20.2 Å². The minimum absolute atomic E-state index is 0.404. The molecule has 0 atom stereocenters. The Morgan fingerprint density at radius 3 is 2.33 bits per heavy atom. The Hall–Kier alpha value is -1.05. The summed E-state index contributed by atoms with van der Waals surface area (Å²) in [5.41, 5.74) is 1.08. The summed E-state index contributed by atoms with van der Waals surface area (Å²) in [6.45, 7) is 7.87. The van der Waals surface area contributed by atoms with E-state index in [0.29, 0.717) is 5.92 Å². The van der Waals surface area contributed by atoms with Gasteiger partial charge in [0, 0.05) is 18.8 Å². The van der Waals surface area contributed by atoms with Crippen molar-refractivity contribution in [3.05, 3.63) is 24.0 Å². The Balaban J connectivity index is 4.88. The fraction of sp³-hybridized carbons (Fsp3) is 0.500. The first-order valence-corrected chi connectivity index (χ1v) is 4.00. The van der Waals surface area contributed by atoms with Gasteiger partial charge in [-0.3, -0.25) is 4.99 Å². The van der Waals surface area contributed by atoms with E-state index in [1.165, 1.54) is 0 Å². The summed E-state index contributed by atoms with van der Waals surface area (Å²) in [5, 5.41) is 0. The molecule has 0 amide bonds. The summed E-state index contributed by atoms with van der Waals surface area (Å²) in [4.78, 5) is 3.96. The SMILES string of the molecule is C=C/C(OC)=C(\C=NC)C(C)C. The molecule has 0 saturated heterocycles. The van der Waals surface area contributed by atoms with Gasteiger partial charge in [0.05, 0.1) is 7.11 Å². The van der Waals surface area contributed by atoms with Gasteiger partial charge in [0.2, 0.25) is 0 Å². The van der Waals surface area contributed by atoms with E-state index < -0.39 is 0 Å². The number of methoxy groups -OCH3 is 1. The number of hydrogen-bond acceptors (Lipinski definition) is 2. The number of ether oxygens (including phenoxy) is 1. The maximum Gasteiger partial charge on any atom is 0.123 e. The van der Waals surface area contributed by atoms with Gasteiger partial charge in [-0.1, -0.05) is 20.4 Å². The highest BCUT2D eigenvalue weighted by atomic mass is 16.5. The van der Waals surface area contributed by atoms with Gasteiger partial charge >= 0.3 is 0 Å². The lowest BCUT2D eigenvalue weighted by atomic mass is 10.0. The largest absolute Gasteiger partial charge is 0.496 e. The number of aliphatic imine (C=N–C) groups is 1. The van der Waals surface area contributed by atoms with E-state index in [4.69, 9.17) is 4.74 Å². The molecule has 0 unspecified atom stereocenters. The van der Waals surface area contributed by atoms with E-state index in [-0.39, 0.29) is 0 Å². The van der Waals surface area contributed by atoms with Crippen LogP contribution in [0.25, 0.3) is 0 Å². The van der Waals surface area contributed by atoms with E-state index in [0.717, 1.165) is 11.3 Å². The first-order valence-electron chi connectivity index (χ1n) is 4.00. The Bertz CT molecular complexity index is 202. The molecule has 0 aromatic rings. The molecule has 0 radical (unpaired) electrons. The predicted octanol–water partition coefficient (Wildman–Crippen LogP) is 2.43. The van der Waals surface area contributed by atoms with Crippen LogP contribution in [0.3, 0.4) is 0 Å². The molecule has 0 aromatic heterocycles. The third kappa shape index (κ3) is 2.91. The van der Waals surface area contributed by atoms with Crippen molar-refractivity contribution < 1.29 is 4.74 Å². The maximum absolute atomic E-state index is 5.15. The Morgan fingerprint density at radius 2 is 2.08 bits per heavy atom. The van der Waals surface area contributed by atoms with Crippen LogP contribution in [-0.2, 0) is 4.74 Å². The van der Waals surface area contributed by atoms with Crippen molar-refractivity contribution in [2.75, 3.05) is 14.2 Å². The average molecular weight is 167 g/mol. The van der Waals surface area contributed by atoms with Crippen LogP contribution in [0.15, 0.2) is 29.0 Å². The molecule has 0 spiro atoms. The second-order valence-corrected chi connectivity index (χ2v) is 2.77. The monoisotopic (exact) mass is 167 g/mol. The fourth-order valence-corrected chi connectivity index (χ4v) is 0.955. The summed E-state index contributed by atoms with van der Waals surface area (Å²) < 4.78 is 5.15. The molecule has 0 saturated carbocycles. The minimum atomic E-state index is 0.404. The summed E-state index contributed by atoms with van der Waals surface area (Å²) in [7, 11) is 3.39. The van der Waals surface area contributed by atoms with E-state index in [9.17, 15) is 0 Å². The van der Waals surface area contributed by atoms with Crippen LogP contribution >= 0.6 is 0 Å². The van der Waals surface area contributed by atoms with Gasteiger partial charge in [-0.2, -0.15) is 0 Å². The van der Waals surface area contributed by atoms with Crippen LogP contribution in [0.4, 0.5) is 0 Å². The third-order valence-corrected chi connectivity index (χ3v) is 1.58. The predicted molar refractivity (Wildman–Crippen MR) is 53.5 cm³/mol. The molecule has 0 aromatic carbocycles. The van der Waals surface area contributed by atoms with E-state index >= 15 is 0 Å². The summed E-state index contributed by atoms with van der Waals surface area (Å²) in [6.07, 6.45) is 3.52. The minimum Gasteiger partial charge on any atom is -0.496 e. The van der Waals surface area contributed by atoms with Crippen molar-refractivity contribution in [1.29, 1.82) is 0 Å². The Labute approximate surface area is 74.7 Å². The zero-order chi connectivity index (χ0) is 9.56. The second-order valence-electron chi connectivity index (χ2n) is 2.77. The molecule has 0 aliphatic heterocycles. The lowest BCUT2D eigenvalue weighted by Gasteiger charge is -2.10. The smallest absolute Gasteiger partial charge is 0.123 e. The zero-order valence-corrected chi connectivity index (χ0v) is 8.29. The number of hydrogen-bond donors (Lipinski definition) is 0. The van der Waals surface area contributed by atoms with E-state index in [1.807, 2.05) is 6.21 Å². The van der Waals surface area contributed by atoms with Crippen molar-refractivity contribution >= 4 is 6.21 Å². The molecule has 0 aliphatic carbocycles. The molecule has 0 fully saturated rings. The van der Waals surface area contributed by atoms with Gasteiger partial charge in [-0.25, -0.2) is 0 Å². The van der Waals surface area contributed by atoms with Crippen LogP contribution in [-0.4, -0.2) is 20.4 Å². The molecule has 0 N–H and O–H groups in total. The maximum atomic E-state index is 5.15. The first kappa shape index (κ1) is 11.0. The highest BCUT2D eigenvalue weighted by molar-refractivity contribution is 5.80. The van der Waals surface area contributed by atoms with E-state index in [2.05, 4.69) is 25.4 Å². The number of nitrogens with zero attached hydrogens (tertiary/aromatic N) is 1. The Morgan fingerprint density at radius 1 is 1.50 bits per heavy atom. The second kappa shape index (κ2) is 5.58. The highest BCUT2D eigenvalue weighted by Crippen LogP contribution is 2.14. The van der Waals surface area contributed by atoms with Crippen LogP contribution in [0.5, 0.6) is 0 Å². The molecule has 12 heavy (non-hydrogen) atoms. The van der Waals surface area contributed by atoms with Crippen molar-refractivity contribution in [3.63, 3.8) is 0 Å². The van der Waals surface area contributed by atoms with Crippen LogP contribution in [0, 0.1) is 5.92 Å². The van der Waals surface area contributed by atoms with Crippen molar-refractivity contribution in [3.8, 4) is 0 Å². The van der Waals surface area contributed by atoms with Gasteiger partial charge in [-0.05, 0) is 12.0 Å². The van der Waals surface area contributed by atoms with Crippen LogP contribution in [0.1, 0.15) is 13.8 Å². The molecule has 0 bridgehead atoms. The normalized spacial score (nSPS) is 13.4. The lowest BCUT2D eigenvalue weighted by Crippen LogP contribution is -2.01. The van der Waals surface area contributed by atoms with Gasteiger partial charge < -0.3 is 4.74 Å². The first-order chi connectivity index (χ1) is 5.67. The highest BCUT2D eigenvalue weighted by Gasteiger charge is 2.05. The van der Waals surface area contributed by atoms with Gasteiger partial charge in [-0.15, -0.1) is 0 Å². The van der Waals surface area contributed by atoms with Crippen LogP contribution < -0.4 is 0 Å². The standard InChI is InChI=1S/C10H17NO/c1-6-10(12-5)9(7-11-4)8(2)3/h6-8H,1H2,2-5H3/b10-9-,11-7?. The lowest BCUT2D eigenvalue weighted by molar-refractivity contribution is 0.301. The van der Waals surface area contributed by atoms with Gasteiger partial charge in [0.15, 0.2) is 0 Å². The summed E-state index contributed by atoms with van der Waals surface area (Å²) in [5.74, 6) is 1.21. The molecule has 0 rings (SSSR count). The molecule has 68 valence electrons. The fourth-order valence-electron chi connectivity index (χ4n) is 0.955. The third-order valence-electron chi connectivity index (χ3n) is 1.58. The molecule has 2 nitrogen and oxygen atoms in total. The summed E-state index contributed by atoms with van der Waals surface area (Å²) >= 11 is 0. The van der Waals surface area contributed by atoms with Crippen molar-refractivity contribution in [2.24, 2.45) is 10.9 Å². The molecule has 0 aliphatic rings. The number of rotatable bonds is 4. The van der Waals surface area contributed by atoms with Crippen LogP contribution in [0.2, 0.25) is 0 Å². The van der Waals surface area contributed by atoms with Crippen molar-refractivity contribution in [1.82, 2.24) is 0 Å². The quantitative estimate of drug-likeness (QED) is 0.358. The van der Waals surface area contributed by atoms with Crippen molar-refractivity contribution in [2.45, 2.75) is 13.8 Å². The molecule has 2 heteroatoms. The topological polar surface area (TPSA) is 21.6 Å². The molecular weight excluding hydrogens is 150 g/mol. The summed E-state index contributed by atoms with van der Waals surface area (Å²) in [6, 6.07) is 0. The zero-order valence-electron chi connectivity index (χ0n) is 8.29. The average Bonchev–Trinajstić information content (AvgIpc) is 2.05. The Kier molecular flexibility index (Phi) is 5.09. The van der Waals surface area contributed by atoms with Gasteiger partial charge in [0.25, 0.3) is 0 Å². The molecule has 0 heterocycles.